The maximum absolute atomic E-state index is 12.0. The molecule has 0 fully saturated rings. The highest BCUT2D eigenvalue weighted by atomic mass is 16.5. The molecule has 2 aliphatic heterocycles. The zero-order valence-electron chi connectivity index (χ0n) is 18.2. The van der Waals surface area contributed by atoms with Gasteiger partial charge < -0.3 is 14.5 Å². The van der Waals surface area contributed by atoms with Crippen LogP contribution in [0.25, 0.3) is 11.0 Å². The lowest BCUT2D eigenvalue weighted by Crippen LogP contribution is -2.34. The molecule has 3 aromatic rings. The van der Waals surface area contributed by atoms with Gasteiger partial charge >= 0.3 is 5.97 Å². The van der Waals surface area contributed by atoms with E-state index in [0.29, 0.717) is 17.9 Å². The number of aryl methyl sites for hydroxylation is 2. The molecule has 0 amide bonds. The van der Waals surface area contributed by atoms with E-state index < -0.39 is 6.04 Å². The molecular formula is C25H25N3O3. The molecule has 0 spiro atoms. The number of carbonyl (C=O) groups is 1. The summed E-state index contributed by atoms with van der Waals surface area (Å²) in [6.07, 6.45) is 2.43. The summed E-state index contributed by atoms with van der Waals surface area (Å²) in [6, 6.07) is 9.88. The van der Waals surface area contributed by atoms with Crippen molar-refractivity contribution in [3.8, 4) is 5.75 Å². The minimum atomic E-state index is -0.403. The number of furan rings is 1. The number of carbonyl (C=O) groups excluding carboxylic acids is 1. The van der Waals surface area contributed by atoms with Gasteiger partial charge in [0.05, 0.1) is 5.69 Å². The van der Waals surface area contributed by atoms with E-state index in [2.05, 4.69) is 41.5 Å². The Kier molecular flexibility index (Phi) is 4.65. The molecule has 0 radical (unpaired) electrons. The van der Waals surface area contributed by atoms with Gasteiger partial charge in [-0.05, 0) is 62.1 Å². The van der Waals surface area contributed by atoms with Gasteiger partial charge in [0.15, 0.2) is 11.5 Å². The Bertz CT molecular complexity index is 1280. The smallest absolute Gasteiger partial charge is 0.333 e. The summed E-state index contributed by atoms with van der Waals surface area (Å²) in [6.45, 7) is 8.03. The predicted octanol–water partition coefficient (Wildman–Crippen LogP) is 5.05. The highest BCUT2D eigenvalue weighted by molar-refractivity contribution is 6.16. The number of fused-ring (bicyclic) bond motifs is 3. The lowest BCUT2D eigenvalue weighted by molar-refractivity contribution is -0.135. The number of nitrogens with one attached hydrogen (secondary N) is 1. The van der Waals surface area contributed by atoms with Crippen molar-refractivity contribution in [3.63, 3.8) is 0 Å². The summed E-state index contributed by atoms with van der Waals surface area (Å²) >= 11 is 0. The number of anilines is 1. The third-order valence-electron chi connectivity index (χ3n) is 6.00. The fourth-order valence-corrected chi connectivity index (χ4v) is 4.30. The standard InChI is InChI=1S/C25H25N3O3/c1-5-15-7-8-21-19(10-15)17(6-2)24(30-21)23-18-12-20-22(31-25(29)14(4)26-20)11-16(18)9-13(3)27-28-23/h7-8,10-12,14,26H,5-6,9H2,1-4H3. The topological polar surface area (TPSA) is 76.2 Å². The summed E-state index contributed by atoms with van der Waals surface area (Å²) < 4.78 is 11.9. The Balaban J connectivity index is 1.72. The molecular weight excluding hydrogens is 390 g/mol. The van der Waals surface area contributed by atoms with Crippen molar-refractivity contribution < 1.29 is 13.9 Å². The van der Waals surface area contributed by atoms with Crippen LogP contribution in [0.3, 0.4) is 0 Å². The predicted molar refractivity (Wildman–Crippen MR) is 123 cm³/mol. The molecule has 0 saturated carbocycles. The third-order valence-corrected chi connectivity index (χ3v) is 6.00. The van der Waals surface area contributed by atoms with E-state index in [1.807, 2.05) is 25.1 Å². The number of hydrogen-bond acceptors (Lipinski definition) is 6. The number of nitrogens with zero attached hydrogens (tertiary/aromatic N) is 2. The van der Waals surface area contributed by atoms with E-state index in [1.54, 1.807) is 6.92 Å². The lowest BCUT2D eigenvalue weighted by Gasteiger charge is -2.24. The van der Waals surface area contributed by atoms with Crippen LogP contribution in [-0.4, -0.2) is 23.4 Å². The molecule has 6 nitrogen and oxygen atoms in total. The number of hydrogen-bond donors (Lipinski definition) is 1. The molecule has 1 unspecified atom stereocenters. The monoisotopic (exact) mass is 415 g/mol. The van der Waals surface area contributed by atoms with Crippen LogP contribution >= 0.6 is 0 Å². The SMILES string of the molecule is CCc1ccc2oc(C3=NN=C(C)Cc4cc5c(cc43)NC(C)C(=O)O5)c(CC)c2c1. The minimum Gasteiger partial charge on any atom is -0.454 e. The van der Waals surface area contributed by atoms with Crippen molar-refractivity contribution in [2.75, 3.05) is 5.32 Å². The summed E-state index contributed by atoms with van der Waals surface area (Å²) in [4.78, 5) is 12.0. The second kappa shape index (κ2) is 7.38. The van der Waals surface area contributed by atoms with E-state index in [-0.39, 0.29) is 5.97 Å². The zero-order valence-corrected chi connectivity index (χ0v) is 18.2. The van der Waals surface area contributed by atoms with Gasteiger partial charge in [-0.1, -0.05) is 19.9 Å². The summed E-state index contributed by atoms with van der Waals surface area (Å²) in [5.41, 5.74) is 7.61. The third kappa shape index (κ3) is 3.23. The van der Waals surface area contributed by atoms with Gasteiger partial charge in [-0.15, -0.1) is 5.10 Å². The van der Waals surface area contributed by atoms with Crippen molar-refractivity contribution >= 4 is 34.0 Å². The second-order valence-electron chi connectivity index (χ2n) is 8.20. The molecule has 6 heteroatoms. The van der Waals surface area contributed by atoms with E-state index >= 15 is 0 Å². The second-order valence-corrected chi connectivity index (χ2v) is 8.20. The van der Waals surface area contributed by atoms with Gasteiger partial charge in [0.1, 0.15) is 17.3 Å². The van der Waals surface area contributed by atoms with Crippen LogP contribution in [0.2, 0.25) is 0 Å². The van der Waals surface area contributed by atoms with E-state index in [4.69, 9.17) is 9.15 Å². The van der Waals surface area contributed by atoms with Gasteiger partial charge in [0.25, 0.3) is 0 Å². The minimum absolute atomic E-state index is 0.280. The molecule has 2 aromatic carbocycles. The molecule has 1 aromatic heterocycles. The van der Waals surface area contributed by atoms with E-state index in [0.717, 1.165) is 57.7 Å². The molecule has 5 rings (SSSR count). The van der Waals surface area contributed by atoms with Crippen LogP contribution < -0.4 is 10.1 Å². The molecule has 0 aliphatic carbocycles. The van der Waals surface area contributed by atoms with Gasteiger partial charge in [0, 0.05) is 28.6 Å². The first-order valence-corrected chi connectivity index (χ1v) is 10.8. The summed E-state index contributed by atoms with van der Waals surface area (Å²) in [5, 5.41) is 13.4. The van der Waals surface area contributed by atoms with Crippen molar-refractivity contribution in [1.29, 1.82) is 0 Å². The molecule has 0 saturated heterocycles. The average Bonchev–Trinajstić information content (AvgIpc) is 3.04. The van der Waals surface area contributed by atoms with Gasteiger partial charge in [-0.25, -0.2) is 4.79 Å². The zero-order chi connectivity index (χ0) is 21.7. The van der Waals surface area contributed by atoms with Gasteiger partial charge in [-0.3, -0.25) is 0 Å². The fraction of sp³-hybridized carbons (Fsp3) is 0.320. The first kappa shape index (κ1) is 19.5. The number of rotatable bonds is 3. The van der Waals surface area contributed by atoms with Crippen LogP contribution in [0.15, 0.2) is 45.0 Å². The molecule has 3 heterocycles. The van der Waals surface area contributed by atoms with E-state index in [1.165, 1.54) is 5.56 Å². The average molecular weight is 415 g/mol. The molecule has 0 bridgehead atoms. The van der Waals surface area contributed by atoms with Crippen molar-refractivity contribution in [1.82, 2.24) is 0 Å². The van der Waals surface area contributed by atoms with Crippen molar-refractivity contribution in [2.24, 2.45) is 10.2 Å². The quantitative estimate of drug-likeness (QED) is 0.480. The van der Waals surface area contributed by atoms with Gasteiger partial charge in [0.2, 0.25) is 0 Å². The Labute approximate surface area is 181 Å². The Morgan fingerprint density at radius 3 is 2.74 bits per heavy atom. The Morgan fingerprint density at radius 2 is 1.97 bits per heavy atom. The fourth-order valence-electron chi connectivity index (χ4n) is 4.30. The molecule has 1 N–H and O–H groups in total. The first-order chi connectivity index (χ1) is 15.0. The number of esters is 1. The maximum atomic E-state index is 12.0. The number of benzene rings is 2. The van der Waals surface area contributed by atoms with Crippen LogP contribution in [0.4, 0.5) is 5.69 Å². The Hall–Kier alpha value is -3.41. The molecule has 31 heavy (non-hydrogen) atoms. The molecule has 1 atom stereocenters. The molecule has 2 aliphatic rings. The lowest BCUT2D eigenvalue weighted by atomic mass is 9.94. The van der Waals surface area contributed by atoms with Crippen molar-refractivity contribution in [2.45, 2.75) is 53.0 Å². The highest BCUT2D eigenvalue weighted by Gasteiger charge is 2.29. The summed E-state index contributed by atoms with van der Waals surface area (Å²) in [7, 11) is 0. The van der Waals surface area contributed by atoms with Crippen LogP contribution in [-0.2, 0) is 24.1 Å². The first-order valence-electron chi connectivity index (χ1n) is 10.8. The van der Waals surface area contributed by atoms with Crippen LogP contribution in [0.5, 0.6) is 5.75 Å². The van der Waals surface area contributed by atoms with Gasteiger partial charge in [-0.2, -0.15) is 5.10 Å². The normalized spacial score (nSPS) is 17.8. The summed E-state index contributed by atoms with van der Waals surface area (Å²) in [5.74, 6) is 1.02. The Morgan fingerprint density at radius 1 is 1.13 bits per heavy atom. The van der Waals surface area contributed by atoms with Crippen molar-refractivity contribution in [3.05, 3.63) is 58.3 Å². The maximum Gasteiger partial charge on any atom is 0.333 e. The van der Waals surface area contributed by atoms with Crippen LogP contribution in [0.1, 0.15) is 55.7 Å². The highest BCUT2D eigenvalue weighted by Crippen LogP contribution is 2.37. The van der Waals surface area contributed by atoms with E-state index in [9.17, 15) is 4.79 Å². The van der Waals surface area contributed by atoms with Crippen LogP contribution in [0, 0.1) is 0 Å². The molecule has 158 valence electrons. The largest absolute Gasteiger partial charge is 0.454 e. The number of ether oxygens (including phenoxy) is 1.